The molecule has 1 fully saturated rings. The van der Waals surface area contributed by atoms with Gasteiger partial charge in [0.05, 0.1) is 0 Å². The Balaban J connectivity index is 1.87. The third-order valence-corrected chi connectivity index (χ3v) is 4.57. The van der Waals surface area contributed by atoms with Gasteiger partial charge in [0, 0.05) is 31.8 Å². The molecule has 1 atom stereocenters. The summed E-state index contributed by atoms with van der Waals surface area (Å²) in [7, 11) is 0. The molecule has 1 saturated heterocycles. The maximum atomic E-state index is 13.1. The van der Waals surface area contributed by atoms with Crippen molar-refractivity contribution < 1.29 is 14.3 Å². The fourth-order valence-electron chi connectivity index (χ4n) is 3.21. The third kappa shape index (κ3) is 4.51. The van der Waals surface area contributed by atoms with Crippen molar-refractivity contribution in [3.05, 3.63) is 47.5 Å². The summed E-state index contributed by atoms with van der Waals surface area (Å²) in [5.74, 6) is 1.03. The van der Waals surface area contributed by atoms with Gasteiger partial charge in [0.2, 0.25) is 5.91 Å². The molecular weight excluding hydrogens is 346 g/mol. The molecule has 0 aliphatic carbocycles. The molecule has 0 radical (unpaired) electrons. The second-order valence-electron chi connectivity index (χ2n) is 6.49. The number of carbonyl (C=O) groups excluding carboxylic acids is 2. The van der Waals surface area contributed by atoms with Gasteiger partial charge in [-0.3, -0.25) is 14.7 Å². The molecule has 2 heterocycles. The predicted molar refractivity (Wildman–Crippen MR) is 99.0 cm³/mol. The van der Waals surface area contributed by atoms with Gasteiger partial charge < -0.3 is 14.5 Å². The Morgan fingerprint density at radius 1 is 1.26 bits per heavy atom. The van der Waals surface area contributed by atoms with Crippen LogP contribution in [0.1, 0.15) is 41.4 Å². The molecule has 2 amide bonds. The van der Waals surface area contributed by atoms with Crippen molar-refractivity contribution in [2.24, 2.45) is 0 Å². The van der Waals surface area contributed by atoms with E-state index in [1.54, 1.807) is 21.9 Å². The smallest absolute Gasteiger partial charge is 0.254 e. The van der Waals surface area contributed by atoms with E-state index in [1.165, 1.54) is 0 Å². The van der Waals surface area contributed by atoms with Gasteiger partial charge in [-0.05, 0) is 32.4 Å². The van der Waals surface area contributed by atoms with Gasteiger partial charge in [0.1, 0.15) is 18.5 Å². The average Bonchev–Trinajstić information content (AvgIpc) is 3.00. The number of carbonyl (C=O) groups is 2. The third-order valence-electron chi connectivity index (χ3n) is 4.57. The van der Waals surface area contributed by atoms with Gasteiger partial charge in [-0.2, -0.15) is 5.10 Å². The summed E-state index contributed by atoms with van der Waals surface area (Å²) in [6, 6.07) is 8.75. The number of nitrogens with one attached hydrogen (secondary N) is 1. The number of amides is 2. The molecule has 3 rings (SSSR count). The monoisotopic (exact) mass is 371 g/mol. The number of ether oxygens (including phenoxy) is 1. The summed E-state index contributed by atoms with van der Waals surface area (Å²) in [5, 5.41) is 7.10. The summed E-state index contributed by atoms with van der Waals surface area (Å²) in [4.78, 5) is 33.5. The summed E-state index contributed by atoms with van der Waals surface area (Å²) in [6.45, 7) is 5.66. The quantitative estimate of drug-likeness (QED) is 0.861. The maximum Gasteiger partial charge on any atom is 0.254 e. The van der Waals surface area contributed by atoms with Crippen LogP contribution in [-0.2, 0) is 9.53 Å². The predicted octanol–water partition coefficient (Wildman–Crippen LogP) is 1.57. The van der Waals surface area contributed by atoms with Crippen LogP contribution in [0.3, 0.4) is 0 Å². The highest BCUT2D eigenvalue weighted by Crippen LogP contribution is 2.25. The number of hydrogen-bond acceptors (Lipinski definition) is 5. The normalized spacial score (nSPS) is 17.6. The number of H-pyrrole nitrogens is 1. The first kappa shape index (κ1) is 19.0. The summed E-state index contributed by atoms with van der Waals surface area (Å²) >= 11 is 0. The number of rotatable bonds is 5. The Morgan fingerprint density at radius 3 is 2.70 bits per heavy atom. The molecule has 27 heavy (non-hydrogen) atoms. The van der Waals surface area contributed by atoms with Crippen LogP contribution < -0.4 is 0 Å². The fourth-order valence-corrected chi connectivity index (χ4v) is 3.21. The number of aromatic amines is 1. The lowest BCUT2D eigenvalue weighted by Gasteiger charge is -2.30. The summed E-state index contributed by atoms with van der Waals surface area (Å²) in [6.07, 6.45) is 0.691. The van der Waals surface area contributed by atoms with Crippen LogP contribution >= 0.6 is 0 Å². The Labute approximate surface area is 158 Å². The molecule has 1 aliphatic heterocycles. The van der Waals surface area contributed by atoms with Crippen molar-refractivity contribution in [3.8, 4) is 0 Å². The molecule has 1 aliphatic rings. The lowest BCUT2D eigenvalue weighted by molar-refractivity contribution is -0.136. The molecule has 1 aromatic carbocycles. The van der Waals surface area contributed by atoms with Crippen molar-refractivity contribution in [2.45, 2.75) is 26.3 Å². The first-order valence-corrected chi connectivity index (χ1v) is 9.20. The van der Waals surface area contributed by atoms with E-state index in [9.17, 15) is 9.59 Å². The van der Waals surface area contributed by atoms with Crippen molar-refractivity contribution in [2.75, 3.05) is 32.8 Å². The van der Waals surface area contributed by atoms with E-state index in [4.69, 9.17) is 4.74 Å². The minimum atomic E-state index is -0.407. The molecule has 0 bridgehead atoms. The minimum absolute atomic E-state index is 0.0445. The van der Waals surface area contributed by atoms with Crippen molar-refractivity contribution >= 4 is 11.8 Å². The molecule has 1 unspecified atom stereocenters. The second-order valence-corrected chi connectivity index (χ2v) is 6.49. The van der Waals surface area contributed by atoms with Gasteiger partial charge in [0.15, 0.2) is 5.82 Å². The van der Waals surface area contributed by atoms with E-state index in [-0.39, 0.29) is 18.4 Å². The molecule has 8 nitrogen and oxygen atoms in total. The Bertz CT molecular complexity index is 777. The summed E-state index contributed by atoms with van der Waals surface area (Å²) < 4.78 is 5.27. The fraction of sp³-hybridized carbons (Fsp3) is 0.474. The Hall–Kier alpha value is -2.74. The van der Waals surface area contributed by atoms with E-state index in [0.717, 1.165) is 0 Å². The first-order valence-electron chi connectivity index (χ1n) is 9.20. The van der Waals surface area contributed by atoms with Gasteiger partial charge in [-0.15, -0.1) is 0 Å². The Kier molecular flexibility index (Phi) is 6.18. The lowest BCUT2D eigenvalue weighted by atomic mass is 10.1. The SMILES string of the molecule is CCOCC(=O)N1CCCN(C(=O)c2ccccc2)C(c2n[nH]c(C)n2)C1. The van der Waals surface area contributed by atoms with Crippen LogP contribution in [0.15, 0.2) is 30.3 Å². The number of aromatic nitrogens is 3. The largest absolute Gasteiger partial charge is 0.372 e. The van der Waals surface area contributed by atoms with Crippen LogP contribution in [0.5, 0.6) is 0 Å². The van der Waals surface area contributed by atoms with Crippen LogP contribution in [0, 0.1) is 6.92 Å². The van der Waals surface area contributed by atoms with Crippen LogP contribution in [0.2, 0.25) is 0 Å². The zero-order valence-corrected chi connectivity index (χ0v) is 15.7. The maximum absolute atomic E-state index is 13.1. The molecular formula is C19H25N5O3. The average molecular weight is 371 g/mol. The van der Waals surface area contributed by atoms with Gasteiger partial charge in [0.25, 0.3) is 5.91 Å². The van der Waals surface area contributed by atoms with E-state index in [1.807, 2.05) is 32.0 Å². The highest BCUT2D eigenvalue weighted by molar-refractivity contribution is 5.94. The molecule has 8 heteroatoms. The summed E-state index contributed by atoms with van der Waals surface area (Å²) in [5.41, 5.74) is 0.615. The highest BCUT2D eigenvalue weighted by Gasteiger charge is 2.34. The first-order chi connectivity index (χ1) is 13.1. The zero-order chi connectivity index (χ0) is 19.2. The van der Waals surface area contributed by atoms with E-state index in [2.05, 4.69) is 15.2 Å². The molecule has 1 aromatic heterocycles. The van der Waals surface area contributed by atoms with Crippen LogP contribution in [0.4, 0.5) is 0 Å². The van der Waals surface area contributed by atoms with E-state index in [0.29, 0.717) is 49.9 Å². The second kappa shape index (κ2) is 8.77. The molecule has 1 N–H and O–H groups in total. The number of hydrogen-bond donors (Lipinski definition) is 1. The number of nitrogens with zero attached hydrogens (tertiary/aromatic N) is 4. The minimum Gasteiger partial charge on any atom is -0.372 e. The standard InChI is InChI=1S/C19H25N5O3/c1-3-27-13-17(25)23-10-7-11-24(19(26)15-8-5-4-6-9-15)16(12-23)18-20-14(2)21-22-18/h4-6,8-9,16H,3,7,10-13H2,1-2H3,(H,20,21,22). The van der Waals surface area contributed by atoms with Crippen molar-refractivity contribution in [1.82, 2.24) is 25.0 Å². The van der Waals surface area contributed by atoms with Crippen LogP contribution in [-0.4, -0.2) is 69.6 Å². The van der Waals surface area contributed by atoms with E-state index >= 15 is 0 Å². The molecule has 2 aromatic rings. The van der Waals surface area contributed by atoms with Crippen molar-refractivity contribution in [3.63, 3.8) is 0 Å². The lowest BCUT2D eigenvalue weighted by Crippen LogP contribution is -2.41. The number of aryl methyl sites for hydroxylation is 1. The van der Waals surface area contributed by atoms with Gasteiger partial charge in [-0.25, -0.2) is 4.98 Å². The molecule has 0 saturated carbocycles. The number of benzene rings is 1. The van der Waals surface area contributed by atoms with E-state index < -0.39 is 6.04 Å². The zero-order valence-electron chi connectivity index (χ0n) is 15.7. The van der Waals surface area contributed by atoms with Crippen LogP contribution in [0.25, 0.3) is 0 Å². The van der Waals surface area contributed by atoms with Gasteiger partial charge in [-0.1, -0.05) is 18.2 Å². The molecule has 144 valence electrons. The molecule has 0 spiro atoms. The Morgan fingerprint density at radius 2 is 2.04 bits per heavy atom. The topological polar surface area (TPSA) is 91.4 Å². The highest BCUT2D eigenvalue weighted by atomic mass is 16.5. The van der Waals surface area contributed by atoms with Crippen molar-refractivity contribution in [1.29, 1.82) is 0 Å². The van der Waals surface area contributed by atoms with Gasteiger partial charge >= 0.3 is 0 Å².